The number of amides is 1. The zero-order valence-corrected chi connectivity index (χ0v) is 15.3. The highest BCUT2D eigenvalue weighted by molar-refractivity contribution is 7.13. The summed E-state index contributed by atoms with van der Waals surface area (Å²) in [6.07, 6.45) is 3.42. The van der Waals surface area contributed by atoms with Gasteiger partial charge in [0.15, 0.2) is 5.13 Å². The number of likely N-dealkylation sites (tertiary alicyclic amines) is 1. The topological polar surface area (TPSA) is 75.9 Å². The summed E-state index contributed by atoms with van der Waals surface area (Å²) in [6.45, 7) is 7.94. The minimum absolute atomic E-state index is 0.00254. The number of piperidine rings is 1. The third kappa shape index (κ3) is 4.18. The van der Waals surface area contributed by atoms with Crippen molar-refractivity contribution in [1.82, 2.24) is 24.6 Å². The van der Waals surface area contributed by atoms with Crippen molar-refractivity contribution in [3.05, 3.63) is 22.7 Å². The van der Waals surface area contributed by atoms with Gasteiger partial charge in [-0.3, -0.25) is 9.69 Å². The summed E-state index contributed by atoms with van der Waals surface area (Å²) < 4.78 is 1.96. The standard InChI is InChI=1S/C16H24N6OS/c1-11-10-24-16(17-11)19-15(23)9-21-7-5-4-6-14(21)8-22-13(3)18-12(2)20-22/h10,14H,4-9H2,1-3H3,(H,17,19,23)/t14-/m1/s1. The maximum absolute atomic E-state index is 12.3. The first-order valence-electron chi connectivity index (χ1n) is 8.35. The van der Waals surface area contributed by atoms with Crippen LogP contribution in [0.4, 0.5) is 5.13 Å². The van der Waals surface area contributed by atoms with Crippen molar-refractivity contribution in [2.45, 2.75) is 52.6 Å². The number of rotatable bonds is 5. The number of aryl methyl sites for hydroxylation is 3. The predicted octanol–water partition coefficient (Wildman–Crippen LogP) is 2.15. The van der Waals surface area contributed by atoms with E-state index in [4.69, 9.17) is 0 Å². The lowest BCUT2D eigenvalue weighted by Gasteiger charge is -2.35. The van der Waals surface area contributed by atoms with E-state index in [1.54, 1.807) is 0 Å². The summed E-state index contributed by atoms with van der Waals surface area (Å²) in [6, 6.07) is 0.322. The molecule has 0 bridgehead atoms. The number of carbonyl (C=O) groups is 1. The van der Waals surface area contributed by atoms with Gasteiger partial charge in [-0.2, -0.15) is 5.10 Å². The Bertz CT molecular complexity index is 709. The molecule has 0 radical (unpaired) electrons. The van der Waals surface area contributed by atoms with Crippen molar-refractivity contribution in [3.63, 3.8) is 0 Å². The van der Waals surface area contributed by atoms with Crippen LogP contribution in [0.2, 0.25) is 0 Å². The summed E-state index contributed by atoms with van der Waals surface area (Å²) in [5.74, 6) is 1.73. The van der Waals surface area contributed by atoms with Gasteiger partial charge in [0.1, 0.15) is 11.6 Å². The van der Waals surface area contributed by atoms with Crippen LogP contribution in [-0.2, 0) is 11.3 Å². The SMILES string of the molecule is Cc1csc(NC(=O)CN2CCCC[C@@H]2Cn2nc(C)nc2C)n1. The second-order valence-electron chi connectivity index (χ2n) is 6.35. The van der Waals surface area contributed by atoms with Gasteiger partial charge < -0.3 is 5.32 Å². The fraction of sp³-hybridized carbons (Fsp3) is 0.625. The van der Waals surface area contributed by atoms with Gasteiger partial charge in [0, 0.05) is 11.4 Å². The average molecular weight is 348 g/mol. The van der Waals surface area contributed by atoms with Crippen LogP contribution in [0.15, 0.2) is 5.38 Å². The normalized spacial score (nSPS) is 18.7. The zero-order chi connectivity index (χ0) is 17.1. The number of anilines is 1. The van der Waals surface area contributed by atoms with E-state index in [0.717, 1.165) is 43.3 Å². The van der Waals surface area contributed by atoms with E-state index < -0.39 is 0 Å². The lowest BCUT2D eigenvalue weighted by atomic mass is 10.0. The number of carbonyl (C=O) groups excluding carboxylic acids is 1. The molecule has 0 aliphatic carbocycles. The minimum atomic E-state index is 0.00254. The van der Waals surface area contributed by atoms with Gasteiger partial charge in [-0.1, -0.05) is 6.42 Å². The van der Waals surface area contributed by atoms with Crippen LogP contribution in [0.25, 0.3) is 0 Å². The van der Waals surface area contributed by atoms with Gasteiger partial charge in [0.2, 0.25) is 5.91 Å². The van der Waals surface area contributed by atoms with Crippen LogP contribution in [0, 0.1) is 20.8 Å². The zero-order valence-electron chi connectivity index (χ0n) is 14.4. The van der Waals surface area contributed by atoms with Crippen molar-refractivity contribution in [2.75, 3.05) is 18.4 Å². The second-order valence-corrected chi connectivity index (χ2v) is 7.21. The quantitative estimate of drug-likeness (QED) is 0.896. The highest BCUT2D eigenvalue weighted by Gasteiger charge is 2.25. The van der Waals surface area contributed by atoms with E-state index in [0.29, 0.717) is 17.7 Å². The van der Waals surface area contributed by atoms with Gasteiger partial charge in [-0.05, 0) is 40.2 Å². The van der Waals surface area contributed by atoms with Gasteiger partial charge in [0.25, 0.3) is 0 Å². The molecule has 1 amide bonds. The number of nitrogens with one attached hydrogen (secondary N) is 1. The van der Waals surface area contributed by atoms with Crippen LogP contribution in [-0.4, -0.2) is 49.7 Å². The molecule has 0 spiro atoms. The van der Waals surface area contributed by atoms with Gasteiger partial charge in [-0.25, -0.2) is 14.6 Å². The van der Waals surface area contributed by atoms with E-state index in [1.807, 2.05) is 30.8 Å². The summed E-state index contributed by atoms with van der Waals surface area (Å²) in [7, 11) is 0. The molecule has 8 heteroatoms. The number of hydrogen-bond donors (Lipinski definition) is 1. The molecule has 2 aromatic heterocycles. The van der Waals surface area contributed by atoms with E-state index in [1.165, 1.54) is 17.8 Å². The lowest BCUT2D eigenvalue weighted by molar-refractivity contribution is -0.118. The average Bonchev–Trinajstić information content (AvgIpc) is 3.06. The smallest absolute Gasteiger partial charge is 0.240 e. The van der Waals surface area contributed by atoms with Crippen molar-refractivity contribution in [1.29, 1.82) is 0 Å². The van der Waals surface area contributed by atoms with Crippen LogP contribution >= 0.6 is 11.3 Å². The first-order chi connectivity index (χ1) is 11.5. The highest BCUT2D eigenvalue weighted by Crippen LogP contribution is 2.19. The Morgan fingerprint density at radius 1 is 1.33 bits per heavy atom. The van der Waals surface area contributed by atoms with Gasteiger partial charge in [0.05, 0.1) is 18.8 Å². The molecule has 1 saturated heterocycles. The summed E-state index contributed by atoms with van der Waals surface area (Å²) in [4.78, 5) is 23.3. The molecule has 1 N–H and O–H groups in total. The molecule has 0 aromatic carbocycles. The second kappa shape index (κ2) is 7.40. The molecule has 3 rings (SSSR count). The van der Waals surface area contributed by atoms with Crippen molar-refractivity contribution < 1.29 is 4.79 Å². The van der Waals surface area contributed by atoms with E-state index in [2.05, 4.69) is 25.3 Å². The van der Waals surface area contributed by atoms with Crippen LogP contribution in [0.3, 0.4) is 0 Å². The number of hydrogen-bond acceptors (Lipinski definition) is 6. The number of thiazole rings is 1. The maximum atomic E-state index is 12.3. The van der Waals surface area contributed by atoms with Crippen LogP contribution in [0.5, 0.6) is 0 Å². The van der Waals surface area contributed by atoms with E-state index in [9.17, 15) is 4.79 Å². The third-order valence-electron chi connectivity index (χ3n) is 4.31. The minimum Gasteiger partial charge on any atom is -0.301 e. The molecular formula is C16H24N6OS. The molecule has 1 atom stereocenters. The van der Waals surface area contributed by atoms with Crippen LogP contribution < -0.4 is 5.32 Å². The summed E-state index contributed by atoms with van der Waals surface area (Å²) in [5.41, 5.74) is 0.933. The Kier molecular flexibility index (Phi) is 5.25. The van der Waals surface area contributed by atoms with Crippen LogP contribution in [0.1, 0.15) is 36.6 Å². The molecule has 0 unspecified atom stereocenters. The summed E-state index contributed by atoms with van der Waals surface area (Å²) >= 11 is 1.46. The monoisotopic (exact) mass is 348 g/mol. The molecule has 7 nitrogen and oxygen atoms in total. The number of nitrogens with zero attached hydrogens (tertiary/aromatic N) is 5. The Hall–Kier alpha value is -1.80. The predicted molar refractivity (Wildman–Crippen MR) is 94.2 cm³/mol. The highest BCUT2D eigenvalue weighted by atomic mass is 32.1. The molecule has 0 saturated carbocycles. The first-order valence-corrected chi connectivity index (χ1v) is 9.23. The van der Waals surface area contributed by atoms with E-state index in [-0.39, 0.29) is 5.91 Å². The molecule has 1 fully saturated rings. The summed E-state index contributed by atoms with van der Waals surface area (Å²) in [5, 5.41) is 9.97. The molecular weight excluding hydrogens is 324 g/mol. The fourth-order valence-corrected chi connectivity index (χ4v) is 3.87. The largest absolute Gasteiger partial charge is 0.301 e. The molecule has 24 heavy (non-hydrogen) atoms. The Balaban J connectivity index is 1.61. The first kappa shape index (κ1) is 17.0. The fourth-order valence-electron chi connectivity index (χ4n) is 3.16. The van der Waals surface area contributed by atoms with E-state index >= 15 is 0 Å². The maximum Gasteiger partial charge on any atom is 0.240 e. The Labute approximate surface area is 146 Å². The van der Waals surface area contributed by atoms with Crippen molar-refractivity contribution in [3.8, 4) is 0 Å². The number of aromatic nitrogens is 4. The third-order valence-corrected chi connectivity index (χ3v) is 5.18. The van der Waals surface area contributed by atoms with Crippen molar-refractivity contribution in [2.24, 2.45) is 0 Å². The molecule has 1 aliphatic rings. The Morgan fingerprint density at radius 3 is 2.83 bits per heavy atom. The molecule has 1 aliphatic heterocycles. The molecule has 130 valence electrons. The van der Waals surface area contributed by atoms with Gasteiger partial charge >= 0.3 is 0 Å². The molecule has 2 aromatic rings. The Morgan fingerprint density at radius 2 is 2.17 bits per heavy atom. The lowest BCUT2D eigenvalue weighted by Crippen LogP contribution is -2.46. The van der Waals surface area contributed by atoms with Gasteiger partial charge in [-0.15, -0.1) is 11.3 Å². The van der Waals surface area contributed by atoms with Crippen molar-refractivity contribution >= 4 is 22.4 Å². The molecule has 3 heterocycles.